The first kappa shape index (κ1) is 24.5. The number of aryl methyl sites for hydroxylation is 2. The predicted molar refractivity (Wildman–Crippen MR) is 126 cm³/mol. The summed E-state index contributed by atoms with van der Waals surface area (Å²) in [4.78, 5) is 15.1. The van der Waals surface area contributed by atoms with Gasteiger partial charge in [-0.3, -0.25) is 9.48 Å². The van der Waals surface area contributed by atoms with Gasteiger partial charge in [-0.1, -0.05) is 31.5 Å². The topological polar surface area (TPSA) is 75.5 Å². The number of nitrogens with zero attached hydrogens (tertiary/aromatic N) is 4. The first-order chi connectivity index (χ1) is 15.1. The zero-order valence-electron chi connectivity index (χ0n) is 20.0. The Morgan fingerprint density at radius 2 is 1.72 bits per heavy atom. The van der Waals surface area contributed by atoms with E-state index in [0.29, 0.717) is 56.3 Å². The molecule has 0 bridgehead atoms. The van der Waals surface area contributed by atoms with E-state index in [4.69, 9.17) is 0 Å². The smallest absolute Gasteiger partial charge is 0.243 e. The largest absolute Gasteiger partial charge is 0.341 e. The van der Waals surface area contributed by atoms with Crippen LogP contribution in [0, 0.1) is 26.7 Å². The zero-order valence-corrected chi connectivity index (χ0v) is 20.8. The highest BCUT2D eigenvalue weighted by Gasteiger charge is 2.28. The molecule has 2 aromatic rings. The first-order valence-corrected chi connectivity index (χ1v) is 12.9. The Labute approximate surface area is 192 Å². The summed E-state index contributed by atoms with van der Waals surface area (Å²) in [6.45, 7) is 13.0. The Morgan fingerprint density at radius 3 is 2.38 bits per heavy atom. The van der Waals surface area contributed by atoms with Crippen molar-refractivity contribution in [2.45, 2.75) is 65.3 Å². The average molecular weight is 461 g/mol. The van der Waals surface area contributed by atoms with Crippen LogP contribution in [0.2, 0.25) is 0 Å². The number of carbonyl (C=O) groups is 1. The predicted octanol–water partition coefficient (Wildman–Crippen LogP) is 3.32. The summed E-state index contributed by atoms with van der Waals surface area (Å²) in [6, 6.07) is 6.94. The molecule has 3 rings (SSSR count). The van der Waals surface area contributed by atoms with Crippen molar-refractivity contribution in [2.75, 3.05) is 26.2 Å². The second-order valence-corrected chi connectivity index (χ2v) is 11.1. The minimum Gasteiger partial charge on any atom is -0.341 e. The molecule has 1 aromatic carbocycles. The molecule has 0 saturated carbocycles. The van der Waals surface area contributed by atoms with Crippen molar-refractivity contribution in [3.05, 3.63) is 46.8 Å². The molecule has 1 aromatic heterocycles. The van der Waals surface area contributed by atoms with E-state index in [1.54, 1.807) is 12.1 Å². The van der Waals surface area contributed by atoms with Crippen molar-refractivity contribution in [3.63, 3.8) is 0 Å². The number of hydrogen-bond acceptors (Lipinski definition) is 4. The van der Waals surface area contributed by atoms with E-state index in [2.05, 4.69) is 25.9 Å². The summed E-state index contributed by atoms with van der Waals surface area (Å²) in [5, 5.41) is 4.65. The normalized spacial score (nSPS) is 15.9. The number of carbonyl (C=O) groups excluding carboxylic acids is 1. The molecule has 1 amide bonds. The lowest BCUT2D eigenvalue weighted by molar-refractivity contribution is -0.131. The SMILES string of the molecule is Cc1ccc(S(=O)(=O)N2CCCN(C(=O)CCc3c(C)nn(CC(C)C)c3C)CC2)cc1. The number of aromatic nitrogens is 2. The van der Waals surface area contributed by atoms with Gasteiger partial charge in [-0.2, -0.15) is 9.40 Å². The van der Waals surface area contributed by atoms with Crippen molar-refractivity contribution in [2.24, 2.45) is 5.92 Å². The van der Waals surface area contributed by atoms with Crippen molar-refractivity contribution in [3.8, 4) is 0 Å². The van der Waals surface area contributed by atoms with E-state index in [9.17, 15) is 13.2 Å². The van der Waals surface area contributed by atoms with Gasteiger partial charge in [0.05, 0.1) is 10.6 Å². The molecule has 0 N–H and O–H groups in total. The van der Waals surface area contributed by atoms with Gasteiger partial charge in [0.1, 0.15) is 0 Å². The molecule has 0 spiro atoms. The van der Waals surface area contributed by atoms with Crippen LogP contribution in [0.4, 0.5) is 0 Å². The van der Waals surface area contributed by atoms with Crippen LogP contribution in [0.1, 0.15) is 49.2 Å². The van der Waals surface area contributed by atoms with Crippen LogP contribution in [0.3, 0.4) is 0 Å². The number of benzene rings is 1. The van der Waals surface area contributed by atoms with Gasteiger partial charge in [0.15, 0.2) is 0 Å². The Hall–Kier alpha value is -2.19. The molecule has 2 heterocycles. The lowest BCUT2D eigenvalue weighted by atomic mass is 10.1. The highest BCUT2D eigenvalue weighted by atomic mass is 32.2. The van der Waals surface area contributed by atoms with Crippen LogP contribution < -0.4 is 0 Å². The van der Waals surface area contributed by atoms with E-state index in [1.165, 1.54) is 4.31 Å². The molecule has 1 aliphatic rings. The van der Waals surface area contributed by atoms with E-state index in [0.717, 1.165) is 29.1 Å². The van der Waals surface area contributed by atoms with Gasteiger partial charge in [-0.05, 0) is 57.2 Å². The average Bonchev–Trinajstić information content (AvgIpc) is 2.91. The minimum atomic E-state index is -3.54. The van der Waals surface area contributed by atoms with Gasteiger partial charge in [-0.25, -0.2) is 8.42 Å². The van der Waals surface area contributed by atoms with Gasteiger partial charge >= 0.3 is 0 Å². The van der Waals surface area contributed by atoms with E-state index in [1.807, 2.05) is 35.6 Å². The quantitative estimate of drug-likeness (QED) is 0.635. The standard InChI is InChI=1S/C24H36N4O3S/c1-18(2)17-28-21(5)23(20(4)25-28)11-12-24(29)26-13-6-14-27(16-15-26)32(30,31)22-9-7-19(3)8-10-22/h7-10,18H,6,11-17H2,1-5H3. The third-order valence-corrected chi connectivity index (χ3v) is 8.04. The lowest BCUT2D eigenvalue weighted by Crippen LogP contribution is -2.37. The third-order valence-electron chi connectivity index (χ3n) is 6.12. The maximum absolute atomic E-state index is 13.0. The summed E-state index contributed by atoms with van der Waals surface area (Å²) in [5.41, 5.74) is 4.30. The summed E-state index contributed by atoms with van der Waals surface area (Å²) in [7, 11) is -3.54. The van der Waals surface area contributed by atoms with Gasteiger partial charge in [0, 0.05) is 44.8 Å². The molecule has 176 valence electrons. The Kier molecular flexibility index (Phi) is 7.77. The Bertz CT molecular complexity index is 1040. The highest BCUT2D eigenvalue weighted by Crippen LogP contribution is 2.20. The first-order valence-electron chi connectivity index (χ1n) is 11.5. The van der Waals surface area contributed by atoms with Crippen LogP contribution in [-0.2, 0) is 27.8 Å². The molecule has 0 radical (unpaired) electrons. The van der Waals surface area contributed by atoms with Gasteiger partial charge in [0.2, 0.25) is 15.9 Å². The fourth-order valence-electron chi connectivity index (χ4n) is 4.25. The van der Waals surface area contributed by atoms with Crippen LogP contribution in [-0.4, -0.2) is 59.5 Å². The van der Waals surface area contributed by atoms with Crippen molar-refractivity contribution in [1.29, 1.82) is 0 Å². The molecule has 8 heteroatoms. The molecule has 1 fully saturated rings. The fourth-order valence-corrected chi connectivity index (χ4v) is 5.72. The van der Waals surface area contributed by atoms with E-state index >= 15 is 0 Å². The van der Waals surface area contributed by atoms with Crippen LogP contribution in [0.5, 0.6) is 0 Å². The molecule has 1 aliphatic heterocycles. The second kappa shape index (κ2) is 10.2. The molecular weight excluding hydrogens is 424 g/mol. The second-order valence-electron chi connectivity index (χ2n) is 9.18. The molecular formula is C24H36N4O3S. The summed E-state index contributed by atoms with van der Waals surface area (Å²) >= 11 is 0. The van der Waals surface area contributed by atoms with Gasteiger partial charge in [-0.15, -0.1) is 0 Å². The summed E-state index contributed by atoms with van der Waals surface area (Å²) in [6.07, 6.45) is 1.72. The maximum Gasteiger partial charge on any atom is 0.243 e. The highest BCUT2D eigenvalue weighted by molar-refractivity contribution is 7.89. The zero-order chi connectivity index (χ0) is 23.5. The molecule has 1 saturated heterocycles. The van der Waals surface area contributed by atoms with Crippen LogP contribution in [0.15, 0.2) is 29.2 Å². The molecule has 0 atom stereocenters. The maximum atomic E-state index is 13.0. The molecule has 7 nitrogen and oxygen atoms in total. The number of amides is 1. The number of sulfonamides is 1. The lowest BCUT2D eigenvalue weighted by Gasteiger charge is -2.22. The minimum absolute atomic E-state index is 0.0787. The fraction of sp³-hybridized carbons (Fsp3) is 0.583. The molecule has 32 heavy (non-hydrogen) atoms. The van der Waals surface area contributed by atoms with Crippen LogP contribution >= 0.6 is 0 Å². The van der Waals surface area contributed by atoms with Crippen molar-refractivity contribution in [1.82, 2.24) is 19.0 Å². The molecule has 0 unspecified atom stereocenters. The number of hydrogen-bond donors (Lipinski definition) is 0. The third kappa shape index (κ3) is 5.59. The van der Waals surface area contributed by atoms with Gasteiger partial charge in [0.25, 0.3) is 0 Å². The number of rotatable bonds is 7. The molecule has 0 aliphatic carbocycles. The summed E-state index contributed by atoms with van der Waals surface area (Å²) in [5.74, 6) is 0.591. The van der Waals surface area contributed by atoms with Crippen molar-refractivity contribution < 1.29 is 13.2 Å². The van der Waals surface area contributed by atoms with Crippen molar-refractivity contribution >= 4 is 15.9 Å². The monoisotopic (exact) mass is 460 g/mol. The summed E-state index contributed by atoms with van der Waals surface area (Å²) < 4.78 is 29.6. The van der Waals surface area contributed by atoms with E-state index < -0.39 is 10.0 Å². The van der Waals surface area contributed by atoms with Gasteiger partial charge < -0.3 is 4.90 Å². The Morgan fingerprint density at radius 1 is 1.03 bits per heavy atom. The van der Waals surface area contributed by atoms with Crippen LogP contribution in [0.25, 0.3) is 0 Å². The Balaban J connectivity index is 1.60. The van der Waals surface area contributed by atoms with E-state index in [-0.39, 0.29) is 5.91 Å².